The average Bonchev–Trinajstić information content (AvgIpc) is 3.73. The van der Waals surface area contributed by atoms with Crippen LogP contribution in [0, 0.1) is 11.8 Å². The fourth-order valence-electron chi connectivity index (χ4n) is 6.20. The van der Waals surface area contributed by atoms with Gasteiger partial charge < -0.3 is 15.2 Å². The van der Waals surface area contributed by atoms with Crippen LogP contribution >= 0.6 is 11.3 Å². The van der Waals surface area contributed by atoms with Gasteiger partial charge in [-0.15, -0.1) is 11.3 Å². The fourth-order valence-corrected chi connectivity index (χ4v) is 7.27. The van der Waals surface area contributed by atoms with E-state index in [1.54, 1.807) is 11.3 Å². The Morgan fingerprint density at radius 3 is 2.92 bits per heavy atom. The molecule has 0 radical (unpaired) electrons. The van der Waals surface area contributed by atoms with Crippen molar-refractivity contribution >= 4 is 34.5 Å². The molecule has 1 aromatic carbocycles. The molecule has 6 rings (SSSR count). The molecule has 2 aliphatic heterocycles. The molecule has 1 aromatic heterocycles. The molecule has 9 heteroatoms. The first-order valence-corrected chi connectivity index (χ1v) is 14.8. The molecule has 4 atom stereocenters. The van der Waals surface area contributed by atoms with Gasteiger partial charge in [0.05, 0.1) is 11.7 Å². The summed E-state index contributed by atoms with van der Waals surface area (Å²) in [5.74, 6) is 0.516. The highest BCUT2D eigenvalue weighted by molar-refractivity contribution is 7.15. The van der Waals surface area contributed by atoms with E-state index in [0.717, 1.165) is 68.4 Å². The van der Waals surface area contributed by atoms with Crippen LogP contribution in [0.25, 0.3) is 0 Å². The second-order valence-corrected chi connectivity index (χ2v) is 12.3. The molecule has 39 heavy (non-hydrogen) atoms. The normalized spacial score (nSPS) is 25.9. The second kappa shape index (κ2) is 11.1. The maximum Gasteiger partial charge on any atom is 0.257 e. The van der Waals surface area contributed by atoms with Crippen LogP contribution in [0.3, 0.4) is 0 Å². The van der Waals surface area contributed by atoms with E-state index < -0.39 is 0 Å². The van der Waals surface area contributed by atoms with Crippen molar-refractivity contribution in [3.63, 3.8) is 0 Å². The molecule has 0 spiro atoms. The third-order valence-corrected chi connectivity index (χ3v) is 9.53. The number of benzene rings is 1. The summed E-state index contributed by atoms with van der Waals surface area (Å²) in [6.45, 7) is 1.54. The van der Waals surface area contributed by atoms with Crippen LogP contribution in [0.2, 0.25) is 0 Å². The predicted octanol–water partition coefficient (Wildman–Crippen LogP) is 4.19. The number of hydrazone groups is 1. The van der Waals surface area contributed by atoms with E-state index in [1.165, 1.54) is 4.88 Å². The number of rotatable bonds is 6. The number of hydrogen-bond donors (Lipinski definition) is 2. The fraction of sp³-hybridized carbons (Fsp3) is 0.467. The van der Waals surface area contributed by atoms with Crippen LogP contribution in [0.15, 0.2) is 53.2 Å². The van der Waals surface area contributed by atoms with Gasteiger partial charge in [-0.1, -0.05) is 30.4 Å². The summed E-state index contributed by atoms with van der Waals surface area (Å²) in [5.41, 5.74) is 6.50. The molecular formula is C30H36N6O2S. The van der Waals surface area contributed by atoms with E-state index in [-0.39, 0.29) is 23.8 Å². The number of likely N-dealkylation sites (tertiary alicyclic amines) is 1. The third-order valence-electron chi connectivity index (χ3n) is 8.49. The highest BCUT2D eigenvalue weighted by Gasteiger charge is 2.33. The van der Waals surface area contributed by atoms with E-state index in [9.17, 15) is 9.59 Å². The number of amides is 2. The van der Waals surface area contributed by atoms with E-state index in [1.807, 2.05) is 41.5 Å². The minimum atomic E-state index is -0.157. The Kier molecular flexibility index (Phi) is 7.36. The number of carbonyl (C=O) groups is 2. The summed E-state index contributed by atoms with van der Waals surface area (Å²) < 4.78 is 0. The minimum absolute atomic E-state index is 0.0372. The molecule has 1 saturated heterocycles. The summed E-state index contributed by atoms with van der Waals surface area (Å²) >= 11 is 1.59. The van der Waals surface area contributed by atoms with Gasteiger partial charge >= 0.3 is 0 Å². The Balaban J connectivity index is 1.15. The Bertz CT molecular complexity index is 1340. The summed E-state index contributed by atoms with van der Waals surface area (Å²) in [6, 6.07) is 8.21. The van der Waals surface area contributed by atoms with Gasteiger partial charge in [-0.3, -0.25) is 14.9 Å². The summed E-state index contributed by atoms with van der Waals surface area (Å²) in [4.78, 5) is 37.1. The molecule has 0 bridgehead atoms. The maximum absolute atomic E-state index is 13.6. The number of aryl methyl sites for hydroxylation is 1. The summed E-state index contributed by atoms with van der Waals surface area (Å²) in [7, 11) is 4.24. The van der Waals surface area contributed by atoms with Crippen molar-refractivity contribution in [3.8, 4) is 0 Å². The first-order chi connectivity index (χ1) is 19.0. The monoisotopic (exact) mass is 544 g/mol. The van der Waals surface area contributed by atoms with Crippen molar-refractivity contribution < 1.29 is 9.59 Å². The summed E-state index contributed by atoms with van der Waals surface area (Å²) in [5, 5.41) is 7.85. The molecule has 2 aromatic rings. The van der Waals surface area contributed by atoms with E-state index in [0.29, 0.717) is 22.7 Å². The minimum Gasteiger partial charge on any atom is -0.332 e. The van der Waals surface area contributed by atoms with Crippen molar-refractivity contribution in [1.29, 1.82) is 0 Å². The lowest BCUT2D eigenvalue weighted by molar-refractivity contribution is -0.127. The Hall–Kier alpha value is -3.30. The van der Waals surface area contributed by atoms with Gasteiger partial charge in [-0.25, -0.2) is 4.98 Å². The molecule has 0 saturated carbocycles. The van der Waals surface area contributed by atoms with Crippen LogP contribution in [-0.4, -0.2) is 66.0 Å². The molecule has 204 valence electrons. The van der Waals surface area contributed by atoms with Crippen molar-refractivity contribution in [3.05, 3.63) is 69.8 Å². The number of allylic oxidation sites excluding steroid dienone is 2. The molecule has 2 N–H and O–H groups in total. The lowest BCUT2D eigenvalue weighted by Crippen LogP contribution is -2.32. The maximum atomic E-state index is 13.6. The van der Waals surface area contributed by atoms with E-state index in [4.69, 9.17) is 4.98 Å². The lowest BCUT2D eigenvalue weighted by Gasteiger charge is -2.28. The van der Waals surface area contributed by atoms with Crippen molar-refractivity contribution in [2.24, 2.45) is 16.9 Å². The van der Waals surface area contributed by atoms with Gasteiger partial charge in [0.15, 0.2) is 5.13 Å². The number of fused-ring (bicyclic) bond motifs is 1. The average molecular weight is 545 g/mol. The summed E-state index contributed by atoms with van der Waals surface area (Å²) in [6.07, 6.45) is 13.9. The van der Waals surface area contributed by atoms with Crippen LogP contribution in [0.1, 0.15) is 58.2 Å². The first kappa shape index (κ1) is 26.0. The van der Waals surface area contributed by atoms with Crippen LogP contribution in [0.4, 0.5) is 5.13 Å². The number of anilines is 1. The smallest absolute Gasteiger partial charge is 0.257 e. The van der Waals surface area contributed by atoms with Gasteiger partial charge in [-0.05, 0) is 76.2 Å². The predicted molar refractivity (Wildman–Crippen MR) is 155 cm³/mol. The molecular weight excluding hydrogens is 508 g/mol. The van der Waals surface area contributed by atoms with Gasteiger partial charge in [0.25, 0.3) is 11.8 Å². The van der Waals surface area contributed by atoms with Gasteiger partial charge in [0.1, 0.15) is 0 Å². The Labute approximate surface area is 233 Å². The number of aromatic nitrogens is 1. The number of thiazole rings is 1. The first-order valence-electron chi connectivity index (χ1n) is 14.0. The number of carbonyl (C=O) groups excluding carboxylic acids is 2. The number of hydrogen-bond acceptors (Lipinski definition) is 7. The number of nitrogens with zero attached hydrogens (tertiary/aromatic N) is 4. The second-order valence-electron chi connectivity index (χ2n) is 11.2. The van der Waals surface area contributed by atoms with Crippen molar-refractivity contribution in [1.82, 2.24) is 20.2 Å². The van der Waals surface area contributed by atoms with Gasteiger partial charge in [0.2, 0.25) is 0 Å². The highest BCUT2D eigenvalue weighted by atomic mass is 32.1. The van der Waals surface area contributed by atoms with Crippen molar-refractivity contribution in [2.75, 3.05) is 32.5 Å². The van der Waals surface area contributed by atoms with Crippen LogP contribution in [-0.2, 0) is 17.6 Å². The zero-order valence-electron chi connectivity index (χ0n) is 22.6. The molecule has 2 aliphatic carbocycles. The Morgan fingerprint density at radius 1 is 1.21 bits per heavy atom. The van der Waals surface area contributed by atoms with E-state index >= 15 is 0 Å². The zero-order valence-corrected chi connectivity index (χ0v) is 23.4. The zero-order chi connectivity index (χ0) is 26.9. The quantitative estimate of drug-likeness (QED) is 0.569. The van der Waals surface area contributed by atoms with Gasteiger partial charge in [-0.2, -0.15) is 5.10 Å². The third kappa shape index (κ3) is 5.43. The SMILES string of the molecule is CN(C)[C@H]1CCc2nc(NC(=O)c3cccc([C@H]4CCCN4C(=O)C4=CC(C5C=NNC5)CC=C4)c3)sc2C1. The standard InChI is InChI=1S/C30H36N6O2S/c1-35(2)24-11-12-25-27(16-24)39-30(33-25)34-28(37)21-8-4-7-20(15-21)26-10-5-13-36(26)29(38)22-9-3-6-19(14-22)23-17-31-32-18-23/h3-4,7-9,14-15,17,19,23-24,26,32H,5-6,10-13,16,18H2,1-2H3,(H,33,34,37)/t19?,23?,24-,26+/m0/s1. The largest absolute Gasteiger partial charge is 0.332 e. The van der Waals surface area contributed by atoms with Gasteiger partial charge in [0, 0.05) is 47.3 Å². The van der Waals surface area contributed by atoms with Crippen molar-refractivity contribution in [2.45, 2.75) is 50.6 Å². The highest BCUT2D eigenvalue weighted by Crippen LogP contribution is 2.36. The molecule has 8 nitrogen and oxygen atoms in total. The lowest BCUT2D eigenvalue weighted by atomic mass is 9.85. The van der Waals surface area contributed by atoms with E-state index in [2.05, 4.69) is 47.0 Å². The topological polar surface area (TPSA) is 89.9 Å². The van der Waals surface area contributed by atoms with Crippen LogP contribution in [0.5, 0.6) is 0 Å². The molecule has 1 fully saturated rings. The number of likely N-dealkylation sites (N-methyl/N-ethyl adjacent to an activating group) is 1. The molecule has 3 heterocycles. The van der Waals surface area contributed by atoms with Crippen LogP contribution < -0.4 is 10.7 Å². The number of nitrogens with one attached hydrogen (secondary N) is 2. The molecule has 2 amide bonds. The molecule has 4 aliphatic rings. The molecule has 2 unspecified atom stereocenters. The Morgan fingerprint density at radius 2 is 2.10 bits per heavy atom.